The molecule has 1 aromatic rings. The maximum atomic E-state index is 4.57. The number of aliphatic imine (C=N–C) groups is 1. The minimum absolute atomic E-state index is 0.934. The highest BCUT2D eigenvalue weighted by atomic mass is 14.8. The first-order valence-electron chi connectivity index (χ1n) is 4.94. The molecule has 0 N–H and O–H groups in total. The summed E-state index contributed by atoms with van der Waals surface area (Å²) in [5.74, 6) is 5.98. The third kappa shape index (κ3) is 1.85. The highest BCUT2D eigenvalue weighted by Gasteiger charge is 2.12. The summed E-state index contributed by atoms with van der Waals surface area (Å²) in [6.07, 6.45) is 2.96. The molecular formula is C13H13N. The summed E-state index contributed by atoms with van der Waals surface area (Å²) in [5.41, 5.74) is 3.77. The van der Waals surface area contributed by atoms with Crippen LogP contribution < -0.4 is 0 Å². The Balaban J connectivity index is 2.03. The van der Waals surface area contributed by atoms with Crippen molar-refractivity contribution in [1.29, 1.82) is 0 Å². The zero-order valence-electron chi connectivity index (χ0n) is 8.38. The molecule has 1 aliphatic heterocycles. The van der Waals surface area contributed by atoms with Gasteiger partial charge in [0.25, 0.3) is 0 Å². The SMILES string of the molecule is CC#CCCC1=Nc2ccccc2C1. The van der Waals surface area contributed by atoms with Gasteiger partial charge < -0.3 is 0 Å². The van der Waals surface area contributed by atoms with Crippen molar-refractivity contribution >= 4 is 11.4 Å². The van der Waals surface area contributed by atoms with E-state index in [1.54, 1.807) is 0 Å². The molecule has 0 saturated heterocycles. The lowest BCUT2D eigenvalue weighted by molar-refractivity contribution is 1.11. The molecule has 0 unspecified atom stereocenters. The van der Waals surface area contributed by atoms with Gasteiger partial charge in [0.15, 0.2) is 0 Å². The van der Waals surface area contributed by atoms with Crippen LogP contribution in [0.2, 0.25) is 0 Å². The van der Waals surface area contributed by atoms with Gasteiger partial charge in [-0.05, 0) is 25.0 Å². The highest BCUT2D eigenvalue weighted by molar-refractivity contribution is 5.93. The Kier molecular flexibility index (Phi) is 2.65. The Morgan fingerprint density at radius 2 is 2.21 bits per heavy atom. The zero-order valence-corrected chi connectivity index (χ0v) is 8.38. The van der Waals surface area contributed by atoms with Crippen LogP contribution in [0.15, 0.2) is 29.3 Å². The van der Waals surface area contributed by atoms with E-state index in [0.717, 1.165) is 24.9 Å². The van der Waals surface area contributed by atoms with Crippen molar-refractivity contribution in [3.8, 4) is 11.8 Å². The summed E-state index contributed by atoms with van der Waals surface area (Å²) in [6, 6.07) is 8.34. The summed E-state index contributed by atoms with van der Waals surface area (Å²) in [4.78, 5) is 4.57. The van der Waals surface area contributed by atoms with E-state index in [1.165, 1.54) is 11.3 Å². The molecule has 0 aliphatic carbocycles. The Morgan fingerprint density at radius 3 is 3.00 bits per heavy atom. The predicted molar refractivity (Wildman–Crippen MR) is 59.9 cm³/mol. The monoisotopic (exact) mass is 183 g/mol. The number of benzene rings is 1. The van der Waals surface area contributed by atoms with Crippen LogP contribution in [0, 0.1) is 11.8 Å². The first-order chi connectivity index (χ1) is 6.90. The van der Waals surface area contributed by atoms with E-state index in [2.05, 4.69) is 35.0 Å². The van der Waals surface area contributed by atoms with Crippen molar-refractivity contribution in [1.82, 2.24) is 0 Å². The quantitative estimate of drug-likeness (QED) is 0.625. The first-order valence-corrected chi connectivity index (χ1v) is 4.94. The molecule has 1 heteroatoms. The summed E-state index contributed by atoms with van der Waals surface area (Å²) < 4.78 is 0. The van der Waals surface area contributed by atoms with Crippen molar-refractivity contribution in [3.05, 3.63) is 29.8 Å². The van der Waals surface area contributed by atoms with Gasteiger partial charge in [0.1, 0.15) is 0 Å². The second-order valence-corrected chi connectivity index (χ2v) is 3.41. The largest absolute Gasteiger partial charge is 0.257 e. The normalized spacial score (nSPS) is 12.8. The summed E-state index contributed by atoms with van der Waals surface area (Å²) in [6.45, 7) is 1.88. The molecule has 70 valence electrons. The molecule has 0 bridgehead atoms. The highest BCUT2D eigenvalue weighted by Crippen LogP contribution is 2.26. The molecule has 1 heterocycles. The van der Waals surface area contributed by atoms with Crippen LogP contribution in [-0.2, 0) is 6.42 Å². The smallest absolute Gasteiger partial charge is 0.0664 e. The van der Waals surface area contributed by atoms with Gasteiger partial charge in [-0.25, -0.2) is 0 Å². The number of para-hydroxylation sites is 1. The molecule has 1 aromatic carbocycles. The zero-order chi connectivity index (χ0) is 9.80. The molecule has 0 saturated carbocycles. The van der Waals surface area contributed by atoms with Gasteiger partial charge in [-0.2, -0.15) is 0 Å². The lowest BCUT2D eigenvalue weighted by atomic mass is 10.1. The average molecular weight is 183 g/mol. The van der Waals surface area contributed by atoms with E-state index in [0.29, 0.717) is 0 Å². The van der Waals surface area contributed by atoms with Crippen LogP contribution in [0.1, 0.15) is 25.3 Å². The van der Waals surface area contributed by atoms with Crippen LogP contribution in [-0.4, -0.2) is 5.71 Å². The van der Waals surface area contributed by atoms with Crippen molar-refractivity contribution in [2.75, 3.05) is 0 Å². The van der Waals surface area contributed by atoms with E-state index in [4.69, 9.17) is 0 Å². The molecule has 0 fully saturated rings. The van der Waals surface area contributed by atoms with Crippen molar-refractivity contribution in [3.63, 3.8) is 0 Å². The molecule has 0 aromatic heterocycles. The molecule has 0 amide bonds. The van der Waals surface area contributed by atoms with Gasteiger partial charge in [-0.1, -0.05) is 18.2 Å². The number of rotatable bonds is 2. The molecule has 1 nitrogen and oxygen atoms in total. The van der Waals surface area contributed by atoms with Crippen molar-refractivity contribution in [2.24, 2.45) is 4.99 Å². The Bertz CT molecular complexity index is 418. The fourth-order valence-corrected chi connectivity index (χ4v) is 1.68. The van der Waals surface area contributed by atoms with Crippen LogP contribution in [0.4, 0.5) is 5.69 Å². The minimum Gasteiger partial charge on any atom is -0.257 e. The number of hydrogen-bond donors (Lipinski definition) is 0. The summed E-state index contributed by atoms with van der Waals surface area (Å²) in [7, 11) is 0. The Labute approximate surface area is 84.9 Å². The maximum Gasteiger partial charge on any atom is 0.0664 e. The fourth-order valence-electron chi connectivity index (χ4n) is 1.68. The van der Waals surface area contributed by atoms with Gasteiger partial charge in [0.05, 0.1) is 5.69 Å². The van der Waals surface area contributed by atoms with Gasteiger partial charge in [0.2, 0.25) is 0 Å². The van der Waals surface area contributed by atoms with Crippen LogP contribution in [0.25, 0.3) is 0 Å². The maximum absolute atomic E-state index is 4.57. The molecule has 2 rings (SSSR count). The topological polar surface area (TPSA) is 12.4 Å². The lowest BCUT2D eigenvalue weighted by Crippen LogP contribution is -1.96. The molecule has 0 radical (unpaired) electrons. The fraction of sp³-hybridized carbons (Fsp3) is 0.308. The van der Waals surface area contributed by atoms with E-state index in [-0.39, 0.29) is 0 Å². The van der Waals surface area contributed by atoms with Gasteiger partial charge in [0, 0.05) is 18.6 Å². The average Bonchev–Trinajstić information content (AvgIpc) is 2.60. The molecule has 1 aliphatic rings. The number of nitrogens with zero attached hydrogens (tertiary/aromatic N) is 1. The van der Waals surface area contributed by atoms with Gasteiger partial charge in [-0.3, -0.25) is 4.99 Å². The molecular weight excluding hydrogens is 170 g/mol. The van der Waals surface area contributed by atoms with E-state index in [1.807, 2.05) is 13.0 Å². The Morgan fingerprint density at radius 1 is 1.36 bits per heavy atom. The predicted octanol–water partition coefficient (Wildman–Crippen LogP) is 3.12. The second-order valence-electron chi connectivity index (χ2n) is 3.41. The molecule has 0 atom stereocenters. The summed E-state index contributed by atoms with van der Waals surface area (Å²) in [5, 5.41) is 0. The van der Waals surface area contributed by atoms with E-state index in [9.17, 15) is 0 Å². The summed E-state index contributed by atoms with van der Waals surface area (Å²) >= 11 is 0. The van der Waals surface area contributed by atoms with Crippen molar-refractivity contribution < 1.29 is 0 Å². The van der Waals surface area contributed by atoms with Gasteiger partial charge in [-0.15, -0.1) is 11.8 Å². The molecule has 0 spiro atoms. The minimum atomic E-state index is 0.934. The van der Waals surface area contributed by atoms with Crippen LogP contribution in [0.3, 0.4) is 0 Å². The lowest BCUT2D eigenvalue weighted by Gasteiger charge is -1.94. The Hall–Kier alpha value is -1.55. The van der Waals surface area contributed by atoms with Gasteiger partial charge >= 0.3 is 0 Å². The number of hydrogen-bond acceptors (Lipinski definition) is 1. The van der Waals surface area contributed by atoms with Crippen molar-refractivity contribution in [2.45, 2.75) is 26.2 Å². The van der Waals surface area contributed by atoms with E-state index >= 15 is 0 Å². The van der Waals surface area contributed by atoms with Crippen LogP contribution in [0.5, 0.6) is 0 Å². The standard InChI is InChI=1S/C13H13N/c1-2-3-4-8-12-10-11-7-5-6-9-13(11)14-12/h5-7,9H,4,8,10H2,1H3. The van der Waals surface area contributed by atoms with E-state index < -0.39 is 0 Å². The first kappa shape index (κ1) is 9.02. The third-order valence-electron chi connectivity index (χ3n) is 2.38. The molecule has 14 heavy (non-hydrogen) atoms. The van der Waals surface area contributed by atoms with Crippen LogP contribution >= 0.6 is 0 Å². The third-order valence-corrected chi connectivity index (χ3v) is 2.38. The second kappa shape index (κ2) is 4.11. The number of fused-ring (bicyclic) bond motifs is 1.